The van der Waals surface area contributed by atoms with Crippen LogP contribution in [0.15, 0.2) is 58.7 Å². The number of aliphatic imine (C=N–C) groups is 1. The summed E-state index contributed by atoms with van der Waals surface area (Å²) < 4.78 is 2.20. The van der Waals surface area contributed by atoms with E-state index in [4.69, 9.17) is 11.6 Å². The van der Waals surface area contributed by atoms with E-state index < -0.39 is 0 Å². The summed E-state index contributed by atoms with van der Waals surface area (Å²) in [6, 6.07) is 13.4. The zero-order chi connectivity index (χ0) is 21.2. The van der Waals surface area contributed by atoms with Gasteiger partial charge in [-0.25, -0.2) is 9.98 Å². The van der Waals surface area contributed by atoms with Crippen LogP contribution in [0.25, 0.3) is 17.1 Å². The molecule has 2 aliphatic heterocycles. The Bertz CT molecular complexity index is 1200. The first-order valence-corrected chi connectivity index (χ1v) is 11.6. The average molecular weight is 452 g/mol. The van der Waals surface area contributed by atoms with Gasteiger partial charge in [0.2, 0.25) is 0 Å². The number of nitrogens with zero attached hydrogens (tertiary/aromatic N) is 4. The molecule has 31 heavy (non-hydrogen) atoms. The third-order valence-electron chi connectivity index (χ3n) is 5.52. The third-order valence-corrected chi connectivity index (χ3v) is 6.75. The number of imidazole rings is 1. The smallest absolute Gasteiger partial charge is 0.264 e. The summed E-state index contributed by atoms with van der Waals surface area (Å²) in [4.78, 5) is 24.6. The second-order valence-electron chi connectivity index (χ2n) is 7.67. The van der Waals surface area contributed by atoms with Gasteiger partial charge in [-0.2, -0.15) is 0 Å². The fourth-order valence-electron chi connectivity index (χ4n) is 3.88. The number of carbonyl (C=O) groups is 1. The summed E-state index contributed by atoms with van der Waals surface area (Å²) in [5, 5.41) is 3.90. The molecule has 5 rings (SSSR count). The van der Waals surface area contributed by atoms with Gasteiger partial charge in [-0.3, -0.25) is 4.79 Å². The number of thioether (sulfide) groups is 1. The van der Waals surface area contributed by atoms with E-state index in [9.17, 15) is 4.79 Å². The quantitative estimate of drug-likeness (QED) is 0.572. The topological polar surface area (TPSA) is 62.5 Å². The van der Waals surface area contributed by atoms with Crippen molar-refractivity contribution in [2.75, 3.05) is 19.6 Å². The molecule has 8 heteroatoms. The molecule has 1 N–H and O–H groups in total. The number of para-hydroxylation sites is 1. The number of nitrogens with one attached hydrogen (secondary N) is 1. The van der Waals surface area contributed by atoms with Crippen LogP contribution in [0.2, 0.25) is 5.02 Å². The molecule has 2 saturated heterocycles. The predicted molar refractivity (Wildman–Crippen MR) is 128 cm³/mol. The number of carbonyl (C=O) groups excluding carboxylic acids is 1. The van der Waals surface area contributed by atoms with E-state index >= 15 is 0 Å². The summed E-state index contributed by atoms with van der Waals surface area (Å²) in [6.07, 6.45) is 6.39. The lowest BCUT2D eigenvalue weighted by Gasteiger charge is -2.15. The molecule has 0 aliphatic carbocycles. The SMILES string of the molecule is O=C1NC(=Nc2ccccc2Cl)SC1=Cc1ccc2ncn(CCN3CCCC3)c2c1. The van der Waals surface area contributed by atoms with Crippen molar-refractivity contribution in [1.82, 2.24) is 19.8 Å². The van der Waals surface area contributed by atoms with Crippen LogP contribution in [0, 0.1) is 0 Å². The number of aromatic nitrogens is 2. The minimum Gasteiger partial charge on any atom is -0.329 e. The molecule has 158 valence electrons. The van der Waals surface area contributed by atoms with Gasteiger partial charge in [0.15, 0.2) is 5.17 Å². The Hall–Kier alpha value is -2.61. The lowest BCUT2D eigenvalue weighted by atomic mass is 10.2. The zero-order valence-electron chi connectivity index (χ0n) is 16.9. The summed E-state index contributed by atoms with van der Waals surface area (Å²) >= 11 is 7.50. The molecule has 3 heterocycles. The highest BCUT2D eigenvalue weighted by molar-refractivity contribution is 8.18. The molecule has 0 spiro atoms. The summed E-state index contributed by atoms with van der Waals surface area (Å²) in [5.41, 5.74) is 3.65. The molecule has 0 bridgehead atoms. The fraction of sp³-hybridized carbons (Fsp3) is 0.261. The van der Waals surface area contributed by atoms with Crippen LogP contribution in [0.3, 0.4) is 0 Å². The lowest BCUT2D eigenvalue weighted by molar-refractivity contribution is -0.115. The average Bonchev–Trinajstić information content (AvgIpc) is 3.49. The molecule has 1 amide bonds. The Balaban J connectivity index is 1.36. The number of rotatable bonds is 5. The van der Waals surface area contributed by atoms with Gasteiger partial charge in [0, 0.05) is 13.1 Å². The number of benzene rings is 2. The van der Waals surface area contributed by atoms with Crippen molar-refractivity contribution in [2.24, 2.45) is 4.99 Å². The lowest BCUT2D eigenvalue weighted by Crippen LogP contribution is -2.23. The predicted octanol–water partition coefficient (Wildman–Crippen LogP) is 4.68. The number of hydrogen-bond acceptors (Lipinski definition) is 5. The number of halogens is 1. The van der Waals surface area contributed by atoms with Crippen LogP contribution in [-0.2, 0) is 11.3 Å². The molecule has 3 aromatic rings. The van der Waals surface area contributed by atoms with Gasteiger partial charge in [0.1, 0.15) is 0 Å². The first-order valence-electron chi connectivity index (χ1n) is 10.4. The van der Waals surface area contributed by atoms with Crippen molar-refractivity contribution in [2.45, 2.75) is 19.4 Å². The maximum atomic E-state index is 12.5. The van der Waals surface area contributed by atoms with E-state index in [0.29, 0.717) is 20.8 Å². The van der Waals surface area contributed by atoms with Gasteiger partial charge < -0.3 is 14.8 Å². The Morgan fingerprint density at radius 1 is 1.16 bits per heavy atom. The molecule has 6 nitrogen and oxygen atoms in total. The van der Waals surface area contributed by atoms with Crippen molar-refractivity contribution >= 4 is 57.2 Å². The van der Waals surface area contributed by atoms with Gasteiger partial charge in [-0.15, -0.1) is 0 Å². The summed E-state index contributed by atoms with van der Waals surface area (Å²) in [5.74, 6) is -0.154. The van der Waals surface area contributed by atoms with Crippen LogP contribution < -0.4 is 5.32 Å². The van der Waals surface area contributed by atoms with E-state index in [0.717, 1.165) is 29.7 Å². The van der Waals surface area contributed by atoms with E-state index in [1.165, 1.54) is 37.7 Å². The highest BCUT2D eigenvalue weighted by Gasteiger charge is 2.24. The Labute approximate surface area is 190 Å². The molecule has 2 aromatic carbocycles. The van der Waals surface area contributed by atoms with Crippen LogP contribution in [0.4, 0.5) is 5.69 Å². The van der Waals surface area contributed by atoms with E-state index in [-0.39, 0.29) is 5.91 Å². The van der Waals surface area contributed by atoms with Crippen molar-refractivity contribution in [3.63, 3.8) is 0 Å². The van der Waals surface area contributed by atoms with E-state index in [1.54, 1.807) is 6.07 Å². The van der Waals surface area contributed by atoms with Crippen LogP contribution in [-0.4, -0.2) is 45.2 Å². The summed E-state index contributed by atoms with van der Waals surface area (Å²) in [6.45, 7) is 4.33. The van der Waals surface area contributed by atoms with Gasteiger partial charge in [-0.05, 0) is 73.6 Å². The monoisotopic (exact) mass is 451 g/mol. The van der Waals surface area contributed by atoms with Crippen LogP contribution in [0.1, 0.15) is 18.4 Å². The number of amidine groups is 1. The van der Waals surface area contributed by atoms with Gasteiger partial charge in [-0.1, -0.05) is 29.8 Å². The standard InChI is InChI=1S/C23H22ClN5OS/c24-17-5-1-2-6-18(17)26-23-27-22(30)21(31-23)14-16-7-8-19-20(13-16)29(15-25-19)12-11-28-9-3-4-10-28/h1-2,5-8,13-15H,3-4,9-12H2,(H,26,27,30). The minimum atomic E-state index is -0.154. The van der Waals surface area contributed by atoms with E-state index in [1.807, 2.05) is 42.7 Å². The van der Waals surface area contributed by atoms with Gasteiger partial charge in [0.25, 0.3) is 5.91 Å². The number of amides is 1. The molecule has 1 aromatic heterocycles. The first kappa shape index (κ1) is 20.3. The van der Waals surface area contributed by atoms with Crippen molar-refractivity contribution in [3.8, 4) is 0 Å². The van der Waals surface area contributed by atoms with Gasteiger partial charge >= 0.3 is 0 Å². The molecule has 0 saturated carbocycles. The zero-order valence-corrected chi connectivity index (χ0v) is 18.5. The highest BCUT2D eigenvalue weighted by Crippen LogP contribution is 2.31. The Morgan fingerprint density at radius 2 is 2.00 bits per heavy atom. The van der Waals surface area contributed by atoms with Crippen molar-refractivity contribution < 1.29 is 4.79 Å². The normalized spacial score (nSPS) is 19.7. The maximum Gasteiger partial charge on any atom is 0.264 e. The molecule has 0 atom stereocenters. The minimum absolute atomic E-state index is 0.154. The maximum absolute atomic E-state index is 12.5. The van der Waals surface area contributed by atoms with Crippen molar-refractivity contribution in [3.05, 3.63) is 64.3 Å². The van der Waals surface area contributed by atoms with Crippen LogP contribution >= 0.6 is 23.4 Å². The molecular weight excluding hydrogens is 430 g/mol. The Morgan fingerprint density at radius 3 is 2.84 bits per heavy atom. The fourth-order valence-corrected chi connectivity index (χ4v) is 4.89. The number of hydrogen-bond donors (Lipinski definition) is 1. The molecule has 0 unspecified atom stereocenters. The second kappa shape index (κ2) is 8.86. The first-order chi connectivity index (χ1) is 15.2. The van der Waals surface area contributed by atoms with Gasteiger partial charge in [0.05, 0.1) is 33.0 Å². The molecule has 2 fully saturated rings. The molecule has 2 aliphatic rings. The Kier molecular flexibility index (Phi) is 5.80. The second-order valence-corrected chi connectivity index (χ2v) is 9.11. The largest absolute Gasteiger partial charge is 0.329 e. The highest BCUT2D eigenvalue weighted by atomic mass is 35.5. The number of fused-ring (bicyclic) bond motifs is 1. The third kappa shape index (κ3) is 4.54. The summed E-state index contributed by atoms with van der Waals surface area (Å²) in [7, 11) is 0. The number of likely N-dealkylation sites (tertiary alicyclic amines) is 1. The molecular formula is C23H22ClN5OS. The van der Waals surface area contributed by atoms with E-state index in [2.05, 4.69) is 30.8 Å². The van der Waals surface area contributed by atoms with Crippen molar-refractivity contribution in [1.29, 1.82) is 0 Å². The van der Waals surface area contributed by atoms with Crippen LogP contribution in [0.5, 0.6) is 0 Å². The molecule has 0 radical (unpaired) electrons.